The topological polar surface area (TPSA) is 431 Å². The molecule has 2 spiro atoms. The lowest BCUT2D eigenvalue weighted by atomic mass is 9.37. The van der Waals surface area contributed by atoms with E-state index in [2.05, 4.69) is 0 Å². The molecule has 10 heterocycles. The monoisotopic (exact) mass is 1440 g/mol. The maximum absolute atomic E-state index is 14.2. The number of rotatable bonds is 12. The van der Waals surface area contributed by atoms with Crippen molar-refractivity contribution < 1.29 is 154 Å². The quantitative estimate of drug-likeness (QED) is 0.0626. The van der Waals surface area contributed by atoms with Gasteiger partial charge in [0.05, 0.1) is 104 Å². The van der Waals surface area contributed by atoms with Crippen molar-refractivity contribution >= 4 is 47.8 Å². The highest BCUT2D eigenvalue weighted by Gasteiger charge is 3.00. The standard InChI is InChI=1S/2C35H44O16/c2*1-8-15(2)24(38)49-18-12-19(48-16(3)36)32(26(39)43-6)13-46-21-22(32)31(18)14-47-34(42,27(40)44-7)25(31)29(4,23(21)37)35-20-11-17(30(35,5)51-35)33(41)9-10-45-28(33)50-20/h2*8-10,17-23,25,28,37,41-42H,11-14H2,1-7H3/b2*15-8+/t2*17-,18+,19-,20+,21-,22-,23-,25+,28+,29-,30+,31+,32+,33+,34+,35+/m11/s1. The highest BCUT2D eigenvalue weighted by molar-refractivity contribution is 5.89. The smallest absolute Gasteiger partial charge is 0.366 e. The Morgan fingerprint density at radius 3 is 1.16 bits per heavy atom. The number of esters is 8. The lowest BCUT2D eigenvalue weighted by Gasteiger charge is -2.65. The first-order chi connectivity index (χ1) is 47.9. The van der Waals surface area contributed by atoms with Gasteiger partial charge in [-0.1, -0.05) is 26.0 Å². The summed E-state index contributed by atoms with van der Waals surface area (Å²) in [6.07, 6.45) is -6.21. The first kappa shape index (κ1) is 71.4. The molecular formula is C70H88O32. The van der Waals surface area contributed by atoms with E-state index < -0.39 is 261 Å². The van der Waals surface area contributed by atoms with Crippen LogP contribution in [0.5, 0.6) is 0 Å². The minimum absolute atomic E-state index is 0.235. The second kappa shape index (κ2) is 22.2. The highest BCUT2D eigenvalue weighted by Crippen LogP contribution is 2.86. The summed E-state index contributed by atoms with van der Waals surface area (Å²) in [6.45, 7) is 13.8. The van der Waals surface area contributed by atoms with Crippen molar-refractivity contribution in [3.63, 3.8) is 0 Å². The maximum atomic E-state index is 14.2. The van der Waals surface area contributed by atoms with Gasteiger partial charge in [0.2, 0.25) is 12.6 Å². The van der Waals surface area contributed by atoms with Crippen LogP contribution in [0.1, 0.15) is 94.9 Å². The van der Waals surface area contributed by atoms with Gasteiger partial charge in [-0.2, -0.15) is 0 Å². The van der Waals surface area contributed by atoms with Crippen LogP contribution in [0.2, 0.25) is 0 Å². The molecule has 4 bridgehead atoms. The summed E-state index contributed by atoms with van der Waals surface area (Å²) < 4.78 is 108. The van der Waals surface area contributed by atoms with E-state index >= 15 is 0 Å². The molecule has 102 heavy (non-hydrogen) atoms. The summed E-state index contributed by atoms with van der Waals surface area (Å²) in [5, 5.41) is 74.9. The van der Waals surface area contributed by atoms with Crippen LogP contribution in [0, 0.1) is 68.0 Å². The summed E-state index contributed by atoms with van der Waals surface area (Å²) >= 11 is 0. The largest absolute Gasteiger partial charge is 0.469 e. The third-order valence-corrected chi connectivity index (χ3v) is 28.3. The van der Waals surface area contributed by atoms with E-state index in [9.17, 15) is 69.0 Å². The number of methoxy groups -OCH3 is 4. The molecule has 0 radical (unpaired) electrons. The molecule has 16 aliphatic rings. The van der Waals surface area contributed by atoms with Gasteiger partial charge in [0.1, 0.15) is 57.7 Å². The zero-order chi connectivity index (χ0) is 73.8. The zero-order valence-electron chi connectivity index (χ0n) is 58.8. The summed E-state index contributed by atoms with van der Waals surface area (Å²) in [5.41, 5.74) is -18.9. The molecule has 8 saturated heterocycles. The van der Waals surface area contributed by atoms with Crippen LogP contribution in [-0.4, -0.2) is 252 Å². The van der Waals surface area contributed by atoms with Crippen LogP contribution in [0.3, 0.4) is 0 Å². The first-order valence-electron chi connectivity index (χ1n) is 34.4. The average Bonchev–Trinajstić information content (AvgIpc) is 1.43. The number of aliphatic hydroxyl groups excluding tert-OH is 2. The first-order valence-corrected chi connectivity index (χ1v) is 34.4. The van der Waals surface area contributed by atoms with E-state index in [0.29, 0.717) is 0 Å². The van der Waals surface area contributed by atoms with E-state index in [1.165, 1.54) is 38.5 Å². The van der Waals surface area contributed by atoms with Gasteiger partial charge >= 0.3 is 47.8 Å². The van der Waals surface area contributed by atoms with Crippen molar-refractivity contribution in [1.82, 2.24) is 0 Å². The molecule has 0 amide bonds. The number of fused-ring (bicyclic) bond motifs is 14. The number of aliphatic hydroxyl groups is 6. The summed E-state index contributed by atoms with van der Waals surface area (Å²) in [4.78, 5) is 109. The SMILES string of the molecule is C/C=C(\C)C(=O)O[C@H]1C[C@@H](OC(C)=O)[C@@]2(C(=O)OC)CO[C@H]3[C@@H](O)[C@@](C)([C@]45O[C@@]4(C)[C@H]4C[C@@H]5O[C@@H]5OC=C[C@@]54O)[C@H]4[C@]1(CO[C@]4(O)C(=O)OC)[C@@H]32.C/C=C(\C)C(=O)O[C@H]1C[C@@H](OC(C)=O)[C@@]2(C(=O)OC)CO[C@H]3[C@@H](O)[C@@](C)([C@]45O[C@@]4(C)[C@H]4C[C@@H]5O[C@@H]5OC=C[C@@]54O)[C@H]4[C@]1(CO[C@]4(O)C(=O)OC)[C@@H]32. The molecule has 16 rings (SSSR count). The minimum Gasteiger partial charge on any atom is -0.469 e. The van der Waals surface area contributed by atoms with Crippen LogP contribution < -0.4 is 0 Å². The van der Waals surface area contributed by atoms with E-state index in [0.717, 1.165) is 28.4 Å². The second-order valence-electron chi connectivity index (χ2n) is 31.5. The molecule has 0 aromatic heterocycles. The van der Waals surface area contributed by atoms with Crippen LogP contribution in [0.4, 0.5) is 0 Å². The highest BCUT2D eigenvalue weighted by atomic mass is 16.8. The fraction of sp³-hybridized carbons (Fsp3) is 0.771. The average molecular weight is 1440 g/mol. The molecule has 32 heteroatoms. The van der Waals surface area contributed by atoms with Gasteiger partial charge in [-0.15, -0.1) is 0 Å². The molecule has 0 aromatic rings. The Labute approximate surface area is 584 Å². The van der Waals surface area contributed by atoms with Gasteiger partial charge in [0, 0.05) is 95.0 Å². The number of allylic oxidation sites excluding steroid dienone is 2. The molecule has 0 unspecified atom stereocenters. The lowest BCUT2D eigenvalue weighted by molar-refractivity contribution is -0.314. The summed E-state index contributed by atoms with van der Waals surface area (Å²) in [6, 6.07) is 0. The Morgan fingerprint density at radius 1 is 0.480 bits per heavy atom. The number of carbonyl (C=O) groups is 8. The van der Waals surface area contributed by atoms with Crippen molar-refractivity contribution in [2.45, 2.75) is 214 Å². The van der Waals surface area contributed by atoms with E-state index in [1.54, 1.807) is 67.5 Å². The Bertz CT molecular complexity index is 3560. The molecule has 6 N–H and O–H groups in total. The number of carbonyl (C=O) groups excluding carboxylic acids is 8. The second-order valence-corrected chi connectivity index (χ2v) is 31.5. The molecule has 6 aliphatic carbocycles. The molecule has 6 saturated carbocycles. The molecule has 14 fully saturated rings. The molecule has 0 aromatic carbocycles. The minimum atomic E-state index is -2.82. The van der Waals surface area contributed by atoms with Crippen molar-refractivity contribution in [1.29, 1.82) is 0 Å². The molecule has 32 atom stereocenters. The van der Waals surface area contributed by atoms with Crippen LogP contribution in [0.25, 0.3) is 0 Å². The lowest BCUT2D eigenvalue weighted by Crippen LogP contribution is -2.79. The Hall–Kier alpha value is -6.24. The van der Waals surface area contributed by atoms with Crippen molar-refractivity contribution in [2.24, 2.45) is 68.0 Å². The molecule has 10 aliphatic heterocycles. The van der Waals surface area contributed by atoms with Crippen LogP contribution in [0.15, 0.2) is 48.0 Å². The van der Waals surface area contributed by atoms with Gasteiger partial charge in [-0.25, -0.2) is 19.2 Å². The summed E-state index contributed by atoms with van der Waals surface area (Å²) in [5.74, 6) is -19.5. The maximum Gasteiger partial charge on any atom is 0.366 e. The van der Waals surface area contributed by atoms with Gasteiger partial charge < -0.3 is 116 Å². The number of epoxide rings is 2. The molecule has 32 nitrogen and oxygen atoms in total. The van der Waals surface area contributed by atoms with Gasteiger partial charge in [-0.05, 0) is 66.5 Å². The fourth-order valence-electron chi connectivity index (χ4n) is 24.4. The van der Waals surface area contributed by atoms with E-state index in [4.69, 9.17) is 85.3 Å². The number of ether oxygens (including phenoxy) is 18. The predicted octanol–water partition coefficient (Wildman–Crippen LogP) is -0.406. The van der Waals surface area contributed by atoms with Crippen LogP contribution >= 0.6 is 0 Å². The van der Waals surface area contributed by atoms with Crippen molar-refractivity contribution in [3.8, 4) is 0 Å². The van der Waals surface area contributed by atoms with E-state index in [1.807, 2.05) is 0 Å². The molecule has 560 valence electrons. The van der Waals surface area contributed by atoms with E-state index in [-0.39, 0.29) is 36.8 Å². The number of hydrogen-bond donors (Lipinski definition) is 6. The van der Waals surface area contributed by atoms with Gasteiger partial charge in [0.25, 0.3) is 11.6 Å². The Kier molecular flexibility index (Phi) is 15.5. The van der Waals surface area contributed by atoms with Gasteiger partial charge in [0.15, 0.2) is 11.2 Å². The normalized spacial score (nSPS) is 53.9. The van der Waals surface area contributed by atoms with Crippen molar-refractivity contribution in [2.75, 3.05) is 54.9 Å². The van der Waals surface area contributed by atoms with Crippen molar-refractivity contribution in [3.05, 3.63) is 48.0 Å². The van der Waals surface area contributed by atoms with Crippen LogP contribution in [-0.2, 0) is 124 Å². The predicted molar refractivity (Wildman–Crippen MR) is 329 cm³/mol. The number of hydrogen-bond acceptors (Lipinski definition) is 32. The fourth-order valence-corrected chi connectivity index (χ4v) is 24.4. The Balaban J connectivity index is 0.000000165. The third kappa shape index (κ3) is 7.79. The molecular weight excluding hydrogens is 1350 g/mol. The summed E-state index contributed by atoms with van der Waals surface area (Å²) in [7, 11) is 4.46. The zero-order valence-corrected chi connectivity index (χ0v) is 58.8. The van der Waals surface area contributed by atoms with Gasteiger partial charge in [-0.3, -0.25) is 19.2 Å². The third-order valence-electron chi connectivity index (χ3n) is 28.3. The Morgan fingerprint density at radius 2 is 0.833 bits per heavy atom.